The zero-order valence-electron chi connectivity index (χ0n) is 13.3. The Hall–Kier alpha value is -3.46. The molecular weight excluding hydrogens is 312 g/mol. The summed E-state index contributed by atoms with van der Waals surface area (Å²) in [6.07, 6.45) is 0. The van der Waals surface area contributed by atoms with Gasteiger partial charge in [-0.1, -0.05) is 54.6 Å². The predicted octanol–water partition coefficient (Wildman–Crippen LogP) is 5.29. The van der Waals surface area contributed by atoms with Crippen LogP contribution in [-0.2, 0) is 0 Å². The van der Waals surface area contributed by atoms with Gasteiger partial charge in [0.15, 0.2) is 0 Å². The Kier molecular flexibility index (Phi) is 3.55. The van der Waals surface area contributed by atoms with Crippen molar-refractivity contribution in [2.45, 2.75) is 0 Å². The number of fused-ring (bicyclic) bond motifs is 1. The molecule has 0 aliphatic carbocycles. The molecule has 0 aliphatic heterocycles. The average molecular weight is 328 g/mol. The molecule has 0 heterocycles. The van der Waals surface area contributed by atoms with E-state index in [9.17, 15) is 15.3 Å². The van der Waals surface area contributed by atoms with E-state index >= 15 is 0 Å². The van der Waals surface area contributed by atoms with Crippen molar-refractivity contribution in [3.8, 4) is 39.5 Å². The predicted molar refractivity (Wildman–Crippen MR) is 99.8 cm³/mol. The molecule has 0 amide bonds. The lowest BCUT2D eigenvalue weighted by atomic mass is 9.90. The maximum Gasteiger partial charge on any atom is 0.131 e. The van der Waals surface area contributed by atoms with Crippen LogP contribution in [0.2, 0.25) is 0 Å². The summed E-state index contributed by atoms with van der Waals surface area (Å²) in [6.45, 7) is 0. The van der Waals surface area contributed by atoms with E-state index in [0.717, 1.165) is 16.7 Å². The molecule has 0 saturated carbocycles. The van der Waals surface area contributed by atoms with Crippen molar-refractivity contribution in [3.05, 3.63) is 78.9 Å². The van der Waals surface area contributed by atoms with Gasteiger partial charge in [-0.05, 0) is 41.0 Å². The van der Waals surface area contributed by atoms with Crippen LogP contribution in [-0.4, -0.2) is 15.3 Å². The maximum atomic E-state index is 11.0. The first-order chi connectivity index (χ1) is 12.1. The zero-order valence-corrected chi connectivity index (χ0v) is 13.3. The quantitative estimate of drug-likeness (QED) is 0.468. The van der Waals surface area contributed by atoms with Crippen LogP contribution < -0.4 is 0 Å². The minimum Gasteiger partial charge on any atom is -0.508 e. The van der Waals surface area contributed by atoms with Crippen LogP contribution in [0.4, 0.5) is 0 Å². The average Bonchev–Trinajstić information content (AvgIpc) is 2.64. The molecule has 3 nitrogen and oxygen atoms in total. The number of rotatable bonds is 2. The molecule has 25 heavy (non-hydrogen) atoms. The summed E-state index contributed by atoms with van der Waals surface area (Å²) in [5.74, 6) is 0.406. The topological polar surface area (TPSA) is 60.7 Å². The van der Waals surface area contributed by atoms with Gasteiger partial charge in [0.2, 0.25) is 0 Å². The first-order valence-corrected chi connectivity index (χ1v) is 7.97. The van der Waals surface area contributed by atoms with Gasteiger partial charge in [-0.15, -0.1) is 0 Å². The van der Waals surface area contributed by atoms with Crippen LogP contribution in [0.1, 0.15) is 0 Å². The van der Waals surface area contributed by atoms with Gasteiger partial charge in [0.25, 0.3) is 0 Å². The first kappa shape index (κ1) is 15.1. The highest BCUT2D eigenvalue weighted by Gasteiger charge is 2.17. The third kappa shape index (κ3) is 2.56. The van der Waals surface area contributed by atoms with Crippen molar-refractivity contribution in [3.63, 3.8) is 0 Å². The lowest BCUT2D eigenvalue weighted by molar-refractivity contribution is 0.475. The molecule has 3 N–H and O–H groups in total. The van der Waals surface area contributed by atoms with E-state index in [0.29, 0.717) is 16.3 Å². The Labute approximate surface area is 145 Å². The molecule has 4 rings (SSSR count). The molecule has 0 aromatic heterocycles. The zero-order chi connectivity index (χ0) is 17.4. The summed E-state index contributed by atoms with van der Waals surface area (Å²) in [6, 6.07) is 23.4. The third-order valence-electron chi connectivity index (χ3n) is 4.37. The molecule has 0 spiro atoms. The molecule has 0 bridgehead atoms. The van der Waals surface area contributed by atoms with Crippen LogP contribution in [0, 0.1) is 0 Å². The largest absolute Gasteiger partial charge is 0.508 e. The molecule has 122 valence electrons. The van der Waals surface area contributed by atoms with E-state index in [1.54, 1.807) is 42.5 Å². The molecule has 0 radical (unpaired) electrons. The highest BCUT2D eigenvalue weighted by molar-refractivity contribution is 6.04. The van der Waals surface area contributed by atoms with E-state index in [1.165, 1.54) is 0 Å². The van der Waals surface area contributed by atoms with Crippen molar-refractivity contribution >= 4 is 10.8 Å². The number of hydrogen-bond donors (Lipinski definition) is 3. The fraction of sp³-hybridized carbons (Fsp3) is 0. The van der Waals surface area contributed by atoms with E-state index in [-0.39, 0.29) is 17.2 Å². The molecule has 3 heteroatoms. The SMILES string of the molecule is Oc1ccc(-c2c(-c3ccccc3)cc3c(O)cccc3c2O)cc1. The normalized spacial score (nSPS) is 10.9. The Morgan fingerprint density at radius 1 is 0.560 bits per heavy atom. The van der Waals surface area contributed by atoms with Gasteiger partial charge in [-0.3, -0.25) is 0 Å². The summed E-state index contributed by atoms with van der Waals surface area (Å²) >= 11 is 0. The van der Waals surface area contributed by atoms with Crippen LogP contribution in [0.15, 0.2) is 78.9 Å². The Morgan fingerprint density at radius 2 is 1.28 bits per heavy atom. The van der Waals surface area contributed by atoms with Crippen molar-refractivity contribution in [1.82, 2.24) is 0 Å². The second-order valence-electron chi connectivity index (χ2n) is 5.93. The van der Waals surface area contributed by atoms with Gasteiger partial charge in [-0.25, -0.2) is 0 Å². The smallest absolute Gasteiger partial charge is 0.131 e. The molecule has 4 aromatic rings. The van der Waals surface area contributed by atoms with Crippen LogP contribution in [0.25, 0.3) is 33.0 Å². The van der Waals surface area contributed by atoms with Gasteiger partial charge in [-0.2, -0.15) is 0 Å². The fourth-order valence-corrected chi connectivity index (χ4v) is 3.16. The highest BCUT2D eigenvalue weighted by atomic mass is 16.3. The lowest BCUT2D eigenvalue weighted by Gasteiger charge is -2.16. The molecule has 0 atom stereocenters. The fourth-order valence-electron chi connectivity index (χ4n) is 3.16. The third-order valence-corrected chi connectivity index (χ3v) is 4.37. The standard InChI is InChI=1S/C22H16O3/c23-16-11-9-15(10-12-16)21-18(14-5-2-1-3-6-14)13-19-17(22(21)25)7-4-8-20(19)24/h1-13,23-25H. The molecule has 0 saturated heterocycles. The Bertz CT molecular complexity index is 1050. The molecular formula is C22H16O3. The van der Waals surface area contributed by atoms with Crippen LogP contribution >= 0.6 is 0 Å². The van der Waals surface area contributed by atoms with Crippen molar-refractivity contribution in [1.29, 1.82) is 0 Å². The number of aromatic hydroxyl groups is 3. The van der Waals surface area contributed by atoms with Crippen LogP contribution in [0.5, 0.6) is 17.2 Å². The summed E-state index contributed by atoms with van der Waals surface area (Å²) in [5.41, 5.74) is 3.22. The Morgan fingerprint density at radius 3 is 2.00 bits per heavy atom. The van der Waals surface area contributed by atoms with E-state index in [4.69, 9.17) is 0 Å². The summed E-state index contributed by atoms with van der Waals surface area (Å²) < 4.78 is 0. The molecule has 0 unspecified atom stereocenters. The van der Waals surface area contributed by atoms with Crippen molar-refractivity contribution in [2.24, 2.45) is 0 Å². The summed E-state index contributed by atoms with van der Waals surface area (Å²) in [4.78, 5) is 0. The second kappa shape index (κ2) is 5.87. The maximum absolute atomic E-state index is 11.0. The van der Waals surface area contributed by atoms with Crippen molar-refractivity contribution in [2.75, 3.05) is 0 Å². The second-order valence-corrected chi connectivity index (χ2v) is 5.93. The van der Waals surface area contributed by atoms with E-state index in [2.05, 4.69) is 0 Å². The minimum atomic E-state index is 0.109. The van der Waals surface area contributed by atoms with E-state index in [1.807, 2.05) is 36.4 Å². The summed E-state index contributed by atoms with van der Waals surface area (Å²) in [7, 11) is 0. The van der Waals surface area contributed by atoms with E-state index < -0.39 is 0 Å². The van der Waals surface area contributed by atoms with Crippen molar-refractivity contribution < 1.29 is 15.3 Å². The lowest BCUT2D eigenvalue weighted by Crippen LogP contribution is -1.89. The Balaban J connectivity index is 2.12. The van der Waals surface area contributed by atoms with Gasteiger partial charge in [0.1, 0.15) is 17.2 Å². The first-order valence-electron chi connectivity index (χ1n) is 7.97. The molecule has 0 fully saturated rings. The van der Waals surface area contributed by atoms with Gasteiger partial charge in [0, 0.05) is 16.3 Å². The highest BCUT2D eigenvalue weighted by Crippen LogP contribution is 2.45. The number of phenols is 3. The number of hydrogen-bond acceptors (Lipinski definition) is 3. The van der Waals surface area contributed by atoms with Gasteiger partial charge < -0.3 is 15.3 Å². The molecule has 4 aromatic carbocycles. The number of benzene rings is 4. The minimum absolute atomic E-state index is 0.109. The summed E-state index contributed by atoms with van der Waals surface area (Å²) in [5, 5.41) is 31.9. The molecule has 0 aliphatic rings. The monoisotopic (exact) mass is 328 g/mol. The van der Waals surface area contributed by atoms with Crippen LogP contribution in [0.3, 0.4) is 0 Å². The van der Waals surface area contributed by atoms with Gasteiger partial charge in [0.05, 0.1) is 0 Å². The van der Waals surface area contributed by atoms with Gasteiger partial charge >= 0.3 is 0 Å². The number of phenolic OH excluding ortho intramolecular Hbond substituents is 3.